The van der Waals surface area contributed by atoms with E-state index in [2.05, 4.69) is 36.5 Å². The van der Waals surface area contributed by atoms with E-state index in [1.807, 2.05) is 13.8 Å². The van der Waals surface area contributed by atoms with E-state index in [0.29, 0.717) is 0 Å². The highest BCUT2D eigenvalue weighted by molar-refractivity contribution is 4.70. The number of rotatable bonds is 9. The van der Waals surface area contributed by atoms with Crippen molar-refractivity contribution in [2.45, 2.75) is 72.6 Å². The first-order chi connectivity index (χ1) is 10.4. The van der Waals surface area contributed by atoms with Crippen molar-refractivity contribution in [3.63, 3.8) is 0 Å². The lowest BCUT2D eigenvalue weighted by Crippen LogP contribution is -2.46. The van der Waals surface area contributed by atoms with Crippen LogP contribution in [0.4, 0.5) is 0 Å². The van der Waals surface area contributed by atoms with E-state index in [4.69, 9.17) is 0 Å². The number of hydrogen-bond donors (Lipinski definition) is 0. The molecule has 0 bridgehead atoms. The zero-order valence-electron chi connectivity index (χ0n) is 15.2. The highest BCUT2D eigenvalue weighted by Crippen LogP contribution is 2.08. The van der Waals surface area contributed by atoms with Gasteiger partial charge >= 0.3 is 0 Å². The Hall–Kier alpha value is -0.520. The van der Waals surface area contributed by atoms with Crippen LogP contribution in [0.1, 0.15) is 72.6 Å². The van der Waals surface area contributed by atoms with E-state index in [1.165, 1.54) is 84.2 Å². The number of hydrogen-bond acceptors (Lipinski definition) is 2. The Labute approximate surface area is 135 Å². The van der Waals surface area contributed by atoms with Gasteiger partial charge in [0.05, 0.1) is 0 Å². The largest absolute Gasteiger partial charge is 0.301 e. The van der Waals surface area contributed by atoms with E-state index in [1.54, 1.807) is 0 Å². The van der Waals surface area contributed by atoms with Gasteiger partial charge in [-0.25, -0.2) is 0 Å². The molecule has 21 heavy (non-hydrogen) atoms. The summed E-state index contributed by atoms with van der Waals surface area (Å²) in [6, 6.07) is 0. The van der Waals surface area contributed by atoms with Crippen molar-refractivity contribution in [3.05, 3.63) is 0 Å². The second-order valence-electron chi connectivity index (χ2n) is 5.40. The van der Waals surface area contributed by atoms with Gasteiger partial charge in [-0.2, -0.15) is 0 Å². The van der Waals surface area contributed by atoms with Crippen LogP contribution >= 0.6 is 0 Å². The minimum Gasteiger partial charge on any atom is -0.301 e. The lowest BCUT2D eigenvalue weighted by atomic mass is 10.1. The fourth-order valence-electron chi connectivity index (χ4n) is 2.62. The van der Waals surface area contributed by atoms with Gasteiger partial charge in [-0.15, -0.1) is 12.8 Å². The number of unbranched alkanes of at least 4 members (excludes halogenated alkanes) is 6. The zero-order valence-corrected chi connectivity index (χ0v) is 15.2. The normalized spacial score (nSPS) is 15.5. The SMILES string of the molecule is C#C.CC.CCCCCCCCCN1CCN(CC)CC1. The molecule has 0 radical (unpaired) electrons. The van der Waals surface area contributed by atoms with Gasteiger partial charge in [-0.3, -0.25) is 0 Å². The van der Waals surface area contributed by atoms with Crippen LogP contribution in [-0.4, -0.2) is 49.1 Å². The molecule has 1 saturated heterocycles. The van der Waals surface area contributed by atoms with E-state index in [9.17, 15) is 0 Å². The predicted octanol–water partition coefficient (Wildman–Crippen LogP) is 4.65. The molecule has 126 valence electrons. The average molecular weight is 297 g/mol. The number of terminal acetylenes is 1. The lowest BCUT2D eigenvalue weighted by molar-refractivity contribution is 0.135. The van der Waals surface area contributed by atoms with Gasteiger partial charge in [0.25, 0.3) is 0 Å². The molecule has 0 unspecified atom stereocenters. The van der Waals surface area contributed by atoms with Crippen molar-refractivity contribution >= 4 is 0 Å². The molecule has 0 saturated carbocycles. The third-order valence-electron chi connectivity index (χ3n) is 3.99. The van der Waals surface area contributed by atoms with Gasteiger partial charge in [-0.1, -0.05) is 66.2 Å². The Morgan fingerprint density at radius 3 is 1.57 bits per heavy atom. The summed E-state index contributed by atoms with van der Waals surface area (Å²) in [6.45, 7) is 16.3. The standard InChI is InChI=1S/C15H32N2.C2H6.C2H2/c1-3-5-6-7-8-9-10-11-17-14-12-16(4-2)13-15-17;2*1-2/h3-15H2,1-2H3;1-2H3;1-2H. The summed E-state index contributed by atoms with van der Waals surface area (Å²) in [4.78, 5) is 5.21. The van der Waals surface area contributed by atoms with Gasteiger partial charge in [0.2, 0.25) is 0 Å². The Kier molecular flexibility index (Phi) is 21.1. The number of likely N-dealkylation sites (N-methyl/N-ethyl adjacent to an activating group) is 1. The summed E-state index contributed by atoms with van der Waals surface area (Å²) < 4.78 is 0. The second-order valence-corrected chi connectivity index (χ2v) is 5.40. The molecule has 0 N–H and O–H groups in total. The fourth-order valence-corrected chi connectivity index (χ4v) is 2.62. The Morgan fingerprint density at radius 1 is 0.667 bits per heavy atom. The molecule has 1 aliphatic heterocycles. The maximum atomic E-state index is 4.00. The van der Waals surface area contributed by atoms with Crippen molar-refractivity contribution in [1.29, 1.82) is 0 Å². The molecule has 2 heteroatoms. The van der Waals surface area contributed by atoms with Crippen molar-refractivity contribution in [1.82, 2.24) is 9.80 Å². The van der Waals surface area contributed by atoms with E-state index in [-0.39, 0.29) is 0 Å². The van der Waals surface area contributed by atoms with Gasteiger partial charge in [-0.05, 0) is 19.5 Å². The summed E-state index contributed by atoms with van der Waals surface area (Å²) in [5.74, 6) is 0. The summed E-state index contributed by atoms with van der Waals surface area (Å²) in [7, 11) is 0. The van der Waals surface area contributed by atoms with Crippen LogP contribution in [-0.2, 0) is 0 Å². The number of piperazine rings is 1. The molecule has 0 spiro atoms. The first-order valence-electron chi connectivity index (χ1n) is 9.14. The first-order valence-corrected chi connectivity index (χ1v) is 9.14. The first kappa shape index (κ1) is 22.8. The third kappa shape index (κ3) is 14.2. The fraction of sp³-hybridized carbons (Fsp3) is 0.895. The van der Waals surface area contributed by atoms with Crippen LogP contribution in [0.15, 0.2) is 0 Å². The monoisotopic (exact) mass is 296 g/mol. The molecule has 1 heterocycles. The van der Waals surface area contributed by atoms with E-state index in [0.717, 1.165) is 0 Å². The van der Waals surface area contributed by atoms with Crippen LogP contribution in [0.5, 0.6) is 0 Å². The van der Waals surface area contributed by atoms with Crippen molar-refractivity contribution in [2.75, 3.05) is 39.3 Å². The molecule has 1 fully saturated rings. The lowest BCUT2D eigenvalue weighted by Gasteiger charge is -2.33. The summed E-state index contributed by atoms with van der Waals surface area (Å²) in [5.41, 5.74) is 0. The minimum atomic E-state index is 1.23. The summed E-state index contributed by atoms with van der Waals surface area (Å²) in [6.07, 6.45) is 18.0. The highest BCUT2D eigenvalue weighted by Gasteiger charge is 2.14. The van der Waals surface area contributed by atoms with Crippen LogP contribution in [0.3, 0.4) is 0 Å². The molecular weight excluding hydrogens is 256 g/mol. The minimum absolute atomic E-state index is 1.23. The Morgan fingerprint density at radius 2 is 1.10 bits per heavy atom. The molecule has 0 aromatic heterocycles. The Balaban J connectivity index is 0. The topological polar surface area (TPSA) is 6.48 Å². The highest BCUT2D eigenvalue weighted by atomic mass is 15.3. The van der Waals surface area contributed by atoms with Crippen LogP contribution in [0, 0.1) is 12.8 Å². The van der Waals surface area contributed by atoms with Crippen molar-refractivity contribution in [3.8, 4) is 12.8 Å². The van der Waals surface area contributed by atoms with Crippen molar-refractivity contribution < 1.29 is 0 Å². The van der Waals surface area contributed by atoms with Crippen LogP contribution < -0.4 is 0 Å². The Bertz CT molecular complexity index is 193. The van der Waals surface area contributed by atoms with Gasteiger partial charge in [0.1, 0.15) is 0 Å². The molecule has 1 aliphatic rings. The maximum absolute atomic E-state index is 4.00. The van der Waals surface area contributed by atoms with Crippen LogP contribution in [0.2, 0.25) is 0 Å². The molecule has 2 nitrogen and oxygen atoms in total. The molecular formula is C19H40N2. The van der Waals surface area contributed by atoms with Gasteiger partial charge < -0.3 is 9.80 Å². The average Bonchev–Trinajstić information content (AvgIpc) is 2.58. The molecule has 0 amide bonds. The molecule has 0 aromatic rings. The van der Waals surface area contributed by atoms with E-state index < -0.39 is 0 Å². The molecule has 0 atom stereocenters. The summed E-state index contributed by atoms with van der Waals surface area (Å²) in [5, 5.41) is 0. The zero-order chi connectivity index (χ0) is 16.3. The summed E-state index contributed by atoms with van der Waals surface area (Å²) >= 11 is 0. The maximum Gasteiger partial charge on any atom is 0.0110 e. The molecule has 0 aromatic carbocycles. The van der Waals surface area contributed by atoms with E-state index >= 15 is 0 Å². The van der Waals surface area contributed by atoms with Gasteiger partial charge in [0.15, 0.2) is 0 Å². The van der Waals surface area contributed by atoms with Crippen LogP contribution in [0.25, 0.3) is 0 Å². The quantitative estimate of drug-likeness (QED) is 0.451. The predicted molar refractivity (Wildman–Crippen MR) is 97.8 cm³/mol. The molecule has 1 rings (SSSR count). The molecule has 0 aliphatic carbocycles. The second kappa shape index (κ2) is 19.5. The third-order valence-corrected chi connectivity index (χ3v) is 3.99. The number of nitrogens with zero attached hydrogens (tertiary/aromatic N) is 2. The van der Waals surface area contributed by atoms with Gasteiger partial charge in [0, 0.05) is 26.2 Å². The smallest absolute Gasteiger partial charge is 0.0110 e. The van der Waals surface area contributed by atoms with Crippen molar-refractivity contribution in [2.24, 2.45) is 0 Å².